The quantitative estimate of drug-likeness (QED) is 0.801. The summed E-state index contributed by atoms with van der Waals surface area (Å²) in [6.07, 6.45) is 7.26. The molecule has 0 radical (unpaired) electrons. The van der Waals surface area contributed by atoms with Crippen LogP contribution in [0.1, 0.15) is 50.2 Å². The Balaban J connectivity index is 2.23. The van der Waals surface area contributed by atoms with Gasteiger partial charge in [0.1, 0.15) is 0 Å². The first kappa shape index (κ1) is 10.7. The molecule has 0 spiro atoms. The zero-order valence-electron chi connectivity index (χ0n) is 9.63. The lowest BCUT2D eigenvalue weighted by Crippen LogP contribution is -2.33. The van der Waals surface area contributed by atoms with Crippen LogP contribution in [0.5, 0.6) is 0 Å². The van der Waals surface area contributed by atoms with Gasteiger partial charge in [0.05, 0.1) is 0 Å². The van der Waals surface area contributed by atoms with Gasteiger partial charge in [-0.15, -0.1) is 0 Å². The van der Waals surface area contributed by atoms with Crippen LogP contribution in [0.2, 0.25) is 0 Å². The van der Waals surface area contributed by atoms with Gasteiger partial charge in [-0.3, -0.25) is 0 Å². The summed E-state index contributed by atoms with van der Waals surface area (Å²) in [5.74, 6) is 0. The fourth-order valence-electron chi connectivity index (χ4n) is 2.62. The molecule has 1 aliphatic rings. The van der Waals surface area contributed by atoms with Crippen molar-refractivity contribution in [2.75, 3.05) is 0 Å². The summed E-state index contributed by atoms with van der Waals surface area (Å²) in [5, 5.41) is 0. The fraction of sp³-hybridized carbons (Fsp3) is 0.571. The molecule has 0 aromatic heterocycles. The molecule has 0 amide bonds. The summed E-state index contributed by atoms with van der Waals surface area (Å²) in [7, 11) is 0. The number of rotatable bonds is 3. The van der Waals surface area contributed by atoms with Crippen LogP contribution in [-0.2, 0) is 12.0 Å². The van der Waals surface area contributed by atoms with E-state index in [1.807, 2.05) is 0 Å². The summed E-state index contributed by atoms with van der Waals surface area (Å²) in [4.78, 5) is 0. The fourth-order valence-corrected chi connectivity index (χ4v) is 2.62. The third-order valence-corrected chi connectivity index (χ3v) is 3.54. The number of aryl methyl sites for hydroxylation is 1. The van der Waals surface area contributed by atoms with Crippen molar-refractivity contribution < 1.29 is 0 Å². The van der Waals surface area contributed by atoms with Crippen molar-refractivity contribution in [3.05, 3.63) is 35.4 Å². The minimum absolute atomic E-state index is 0.0241. The molecule has 1 aliphatic carbocycles. The standard InChI is InChI=1S/C14H21N/c1-2-6-12-7-5-8-13(11-12)14(15)9-3-4-10-14/h5,7-8,11H,2-4,6,9-10,15H2,1H3. The minimum atomic E-state index is -0.0241. The first-order valence-electron chi connectivity index (χ1n) is 6.13. The molecule has 2 rings (SSSR count). The Hall–Kier alpha value is -0.820. The van der Waals surface area contributed by atoms with Crippen molar-refractivity contribution in [2.45, 2.75) is 51.0 Å². The number of benzene rings is 1. The highest BCUT2D eigenvalue weighted by Crippen LogP contribution is 2.36. The monoisotopic (exact) mass is 203 g/mol. The third-order valence-electron chi connectivity index (χ3n) is 3.54. The van der Waals surface area contributed by atoms with Gasteiger partial charge in [-0.2, -0.15) is 0 Å². The summed E-state index contributed by atoms with van der Waals surface area (Å²) < 4.78 is 0. The molecule has 1 nitrogen and oxygen atoms in total. The molecular weight excluding hydrogens is 182 g/mol. The van der Waals surface area contributed by atoms with E-state index in [0.717, 1.165) is 12.8 Å². The van der Waals surface area contributed by atoms with Crippen LogP contribution in [-0.4, -0.2) is 0 Å². The Morgan fingerprint density at radius 1 is 1.27 bits per heavy atom. The molecule has 15 heavy (non-hydrogen) atoms. The van der Waals surface area contributed by atoms with Gasteiger partial charge in [-0.05, 0) is 30.4 Å². The van der Waals surface area contributed by atoms with E-state index in [2.05, 4.69) is 31.2 Å². The molecule has 1 aromatic carbocycles. The van der Waals surface area contributed by atoms with Crippen LogP contribution in [0.3, 0.4) is 0 Å². The van der Waals surface area contributed by atoms with Crippen molar-refractivity contribution in [2.24, 2.45) is 5.73 Å². The van der Waals surface area contributed by atoms with Gasteiger partial charge in [0.25, 0.3) is 0 Å². The van der Waals surface area contributed by atoms with E-state index >= 15 is 0 Å². The Morgan fingerprint density at radius 3 is 2.67 bits per heavy atom. The molecule has 0 aliphatic heterocycles. The van der Waals surface area contributed by atoms with Crippen LogP contribution in [0.15, 0.2) is 24.3 Å². The average Bonchev–Trinajstić information content (AvgIpc) is 2.68. The van der Waals surface area contributed by atoms with E-state index in [1.165, 1.54) is 36.8 Å². The molecule has 1 saturated carbocycles. The molecular formula is C14H21N. The molecule has 0 atom stereocenters. The van der Waals surface area contributed by atoms with E-state index in [1.54, 1.807) is 0 Å². The van der Waals surface area contributed by atoms with Gasteiger partial charge >= 0.3 is 0 Å². The first-order valence-corrected chi connectivity index (χ1v) is 6.13. The van der Waals surface area contributed by atoms with Crippen molar-refractivity contribution >= 4 is 0 Å². The Labute approximate surface area is 92.7 Å². The summed E-state index contributed by atoms with van der Waals surface area (Å²) in [6.45, 7) is 2.22. The average molecular weight is 203 g/mol. The lowest BCUT2D eigenvalue weighted by Gasteiger charge is -2.24. The van der Waals surface area contributed by atoms with Crippen LogP contribution in [0.25, 0.3) is 0 Å². The Kier molecular flexibility index (Phi) is 3.11. The van der Waals surface area contributed by atoms with Crippen LogP contribution in [0.4, 0.5) is 0 Å². The molecule has 2 N–H and O–H groups in total. The summed E-state index contributed by atoms with van der Waals surface area (Å²) in [6, 6.07) is 8.89. The van der Waals surface area contributed by atoms with Crippen LogP contribution < -0.4 is 5.73 Å². The molecule has 1 fully saturated rings. The third kappa shape index (κ3) is 2.23. The SMILES string of the molecule is CCCc1cccc(C2(N)CCCC2)c1. The van der Waals surface area contributed by atoms with Crippen LogP contribution in [0, 0.1) is 0 Å². The zero-order valence-corrected chi connectivity index (χ0v) is 9.63. The number of hydrogen-bond donors (Lipinski definition) is 1. The van der Waals surface area contributed by atoms with Gasteiger partial charge in [-0.25, -0.2) is 0 Å². The smallest absolute Gasteiger partial charge is 0.0409 e. The van der Waals surface area contributed by atoms with Crippen molar-refractivity contribution in [1.29, 1.82) is 0 Å². The van der Waals surface area contributed by atoms with E-state index < -0.39 is 0 Å². The second-order valence-corrected chi connectivity index (χ2v) is 4.81. The number of hydrogen-bond acceptors (Lipinski definition) is 1. The van der Waals surface area contributed by atoms with Gasteiger partial charge in [0.15, 0.2) is 0 Å². The Bertz CT molecular complexity index is 324. The largest absolute Gasteiger partial charge is 0.321 e. The predicted octanol–water partition coefficient (Wildman–Crippen LogP) is 3.37. The molecule has 1 heteroatoms. The van der Waals surface area contributed by atoms with E-state index in [0.29, 0.717) is 0 Å². The Morgan fingerprint density at radius 2 is 2.00 bits per heavy atom. The van der Waals surface area contributed by atoms with Gasteiger partial charge in [-0.1, -0.05) is 50.5 Å². The van der Waals surface area contributed by atoms with E-state index in [-0.39, 0.29) is 5.54 Å². The predicted molar refractivity (Wildman–Crippen MR) is 64.8 cm³/mol. The molecule has 1 aromatic rings. The minimum Gasteiger partial charge on any atom is -0.321 e. The highest BCUT2D eigenvalue weighted by Gasteiger charge is 2.30. The number of nitrogens with two attached hydrogens (primary N) is 1. The molecule has 0 saturated heterocycles. The van der Waals surface area contributed by atoms with E-state index in [9.17, 15) is 0 Å². The molecule has 0 heterocycles. The normalized spacial score (nSPS) is 19.3. The van der Waals surface area contributed by atoms with Gasteiger partial charge in [0, 0.05) is 5.54 Å². The molecule has 0 bridgehead atoms. The maximum atomic E-state index is 6.45. The topological polar surface area (TPSA) is 26.0 Å². The first-order chi connectivity index (χ1) is 7.24. The molecule has 82 valence electrons. The van der Waals surface area contributed by atoms with Crippen LogP contribution >= 0.6 is 0 Å². The lowest BCUT2D eigenvalue weighted by molar-refractivity contribution is 0.461. The highest BCUT2D eigenvalue weighted by molar-refractivity contribution is 5.30. The second kappa shape index (κ2) is 4.36. The van der Waals surface area contributed by atoms with Crippen molar-refractivity contribution in [3.63, 3.8) is 0 Å². The summed E-state index contributed by atoms with van der Waals surface area (Å²) in [5.41, 5.74) is 9.21. The molecule has 0 unspecified atom stereocenters. The van der Waals surface area contributed by atoms with Crippen molar-refractivity contribution in [1.82, 2.24) is 0 Å². The van der Waals surface area contributed by atoms with E-state index in [4.69, 9.17) is 5.73 Å². The maximum Gasteiger partial charge on any atom is 0.0409 e. The lowest BCUT2D eigenvalue weighted by atomic mass is 9.88. The van der Waals surface area contributed by atoms with Gasteiger partial charge < -0.3 is 5.73 Å². The zero-order chi connectivity index (χ0) is 10.7. The highest BCUT2D eigenvalue weighted by atomic mass is 14.8. The van der Waals surface area contributed by atoms with Crippen molar-refractivity contribution in [3.8, 4) is 0 Å². The summed E-state index contributed by atoms with van der Waals surface area (Å²) >= 11 is 0. The maximum absolute atomic E-state index is 6.45. The van der Waals surface area contributed by atoms with Gasteiger partial charge in [0.2, 0.25) is 0 Å². The second-order valence-electron chi connectivity index (χ2n) is 4.81.